The van der Waals surface area contributed by atoms with Crippen LogP contribution in [0.5, 0.6) is 0 Å². The van der Waals surface area contributed by atoms with Crippen LogP contribution in [0, 0.1) is 0 Å². The van der Waals surface area contributed by atoms with Crippen molar-refractivity contribution in [3.8, 4) is 0 Å². The number of carboxylic acid groups (broad SMARTS) is 1. The van der Waals surface area contributed by atoms with E-state index < -0.39 is 12.0 Å². The molecule has 136 valence electrons. The van der Waals surface area contributed by atoms with Gasteiger partial charge < -0.3 is 15.7 Å². The molecule has 27 heavy (non-hydrogen) atoms. The summed E-state index contributed by atoms with van der Waals surface area (Å²) in [6.07, 6.45) is 1.67. The quantitative estimate of drug-likeness (QED) is 0.358. The van der Waals surface area contributed by atoms with E-state index in [-0.39, 0.29) is 12.5 Å². The molecular weight excluding hydrogens is 342 g/mol. The van der Waals surface area contributed by atoms with Gasteiger partial charge in [-0.15, -0.1) is 0 Å². The molecule has 0 saturated carbocycles. The first-order valence-corrected chi connectivity index (χ1v) is 8.35. The number of ether oxygens (including phenoxy) is 1. The van der Waals surface area contributed by atoms with Gasteiger partial charge in [0.1, 0.15) is 12.3 Å². The number of rotatable bonds is 6. The maximum absolute atomic E-state index is 11.3. The predicted molar refractivity (Wildman–Crippen MR) is 106 cm³/mol. The average molecular weight is 361 g/mol. The van der Waals surface area contributed by atoms with Crippen LogP contribution in [0.1, 0.15) is 11.1 Å². The highest BCUT2D eigenvalue weighted by Crippen LogP contribution is 2.27. The van der Waals surface area contributed by atoms with Gasteiger partial charge in [0.2, 0.25) is 5.90 Å². The number of hydrogen-bond acceptors (Lipinski definition) is 5. The van der Waals surface area contributed by atoms with Gasteiger partial charge in [0.15, 0.2) is 6.04 Å². The second-order valence-corrected chi connectivity index (χ2v) is 5.80. The maximum atomic E-state index is 11.3. The highest BCUT2D eigenvalue weighted by molar-refractivity contribution is 6.33. The number of nitrogens with two attached hydrogens (primary N) is 1. The number of hydrazone groups is 1. The SMILES string of the molecule is C=C/C(=C(C1=NC(C(=O)O)CO1)\C(=N/N)c1ccccc1)c1ccccc1. The smallest absolute Gasteiger partial charge is 0.332 e. The van der Waals surface area contributed by atoms with Gasteiger partial charge in [-0.25, -0.2) is 9.79 Å². The fraction of sp³-hybridized carbons (Fsp3) is 0.0952. The summed E-state index contributed by atoms with van der Waals surface area (Å²) in [6, 6.07) is 17.9. The minimum atomic E-state index is -1.05. The van der Waals surface area contributed by atoms with Gasteiger partial charge in [0.05, 0.1) is 5.57 Å². The molecule has 0 bridgehead atoms. The maximum Gasteiger partial charge on any atom is 0.332 e. The van der Waals surface area contributed by atoms with E-state index in [1.54, 1.807) is 6.08 Å². The Bertz CT molecular complexity index is 932. The molecule has 0 amide bonds. The molecular formula is C21H19N3O3. The standard InChI is InChI=1S/C21H19N3O3/c1-2-16(14-9-5-3-6-10-14)18(20-23-17(13-27-20)21(25)26)19(24-22)15-11-7-4-8-12-15/h2-12,17H,1,13,22H2,(H,25,26)/b18-16-,24-19-. The zero-order valence-electron chi connectivity index (χ0n) is 14.6. The van der Waals surface area contributed by atoms with Crippen LogP contribution in [0.2, 0.25) is 0 Å². The second-order valence-electron chi connectivity index (χ2n) is 5.80. The van der Waals surface area contributed by atoms with Gasteiger partial charge in [-0.3, -0.25) is 0 Å². The van der Waals surface area contributed by atoms with Crippen LogP contribution in [0.4, 0.5) is 0 Å². The summed E-state index contributed by atoms with van der Waals surface area (Å²) in [5.74, 6) is 4.87. The van der Waals surface area contributed by atoms with Crippen LogP contribution >= 0.6 is 0 Å². The van der Waals surface area contributed by atoms with Crippen molar-refractivity contribution in [1.82, 2.24) is 0 Å². The number of hydrogen-bond donors (Lipinski definition) is 2. The topological polar surface area (TPSA) is 97.3 Å². The third-order valence-corrected chi connectivity index (χ3v) is 4.12. The van der Waals surface area contributed by atoms with Crippen molar-refractivity contribution in [1.29, 1.82) is 0 Å². The highest BCUT2D eigenvalue weighted by Gasteiger charge is 2.31. The van der Waals surface area contributed by atoms with E-state index in [1.165, 1.54) is 0 Å². The first-order chi connectivity index (χ1) is 13.2. The predicted octanol–water partition coefficient (Wildman–Crippen LogP) is 2.87. The average Bonchev–Trinajstić information content (AvgIpc) is 3.20. The zero-order chi connectivity index (χ0) is 19.2. The largest absolute Gasteiger partial charge is 0.480 e. The normalized spacial score (nSPS) is 17.6. The third-order valence-electron chi connectivity index (χ3n) is 4.12. The van der Waals surface area contributed by atoms with Gasteiger partial charge in [-0.05, 0) is 11.1 Å². The van der Waals surface area contributed by atoms with Gasteiger partial charge in [-0.2, -0.15) is 5.10 Å². The molecule has 6 nitrogen and oxygen atoms in total. The highest BCUT2D eigenvalue weighted by atomic mass is 16.5. The minimum Gasteiger partial charge on any atom is -0.480 e. The molecule has 3 rings (SSSR count). The Kier molecular flexibility index (Phi) is 5.47. The van der Waals surface area contributed by atoms with Gasteiger partial charge in [-0.1, -0.05) is 73.3 Å². The molecule has 0 aliphatic carbocycles. The fourth-order valence-corrected chi connectivity index (χ4v) is 2.84. The Labute approximate surface area is 157 Å². The molecule has 1 heterocycles. The first-order valence-electron chi connectivity index (χ1n) is 8.35. The van der Waals surface area contributed by atoms with Crippen LogP contribution in [0.25, 0.3) is 5.57 Å². The molecule has 0 aromatic heterocycles. The van der Waals surface area contributed by atoms with E-state index in [9.17, 15) is 9.90 Å². The second kappa shape index (κ2) is 8.14. The fourth-order valence-electron chi connectivity index (χ4n) is 2.84. The molecule has 1 atom stereocenters. The summed E-state index contributed by atoms with van der Waals surface area (Å²) >= 11 is 0. The Morgan fingerprint density at radius 1 is 1.15 bits per heavy atom. The number of benzene rings is 2. The van der Waals surface area contributed by atoms with Crippen molar-refractivity contribution in [2.24, 2.45) is 15.9 Å². The van der Waals surface area contributed by atoms with Crippen LogP contribution in [0.15, 0.2) is 89.0 Å². The van der Waals surface area contributed by atoms with Crippen molar-refractivity contribution < 1.29 is 14.6 Å². The third kappa shape index (κ3) is 3.79. The molecule has 0 fully saturated rings. The molecule has 0 saturated heterocycles. The van der Waals surface area contributed by atoms with Gasteiger partial charge >= 0.3 is 5.97 Å². The van der Waals surface area contributed by atoms with Crippen LogP contribution in [-0.2, 0) is 9.53 Å². The van der Waals surface area contributed by atoms with E-state index in [0.29, 0.717) is 16.9 Å². The molecule has 1 aliphatic heterocycles. The molecule has 6 heteroatoms. The van der Waals surface area contributed by atoms with Crippen molar-refractivity contribution >= 4 is 23.2 Å². The lowest BCUT2D eigenvalue weighted by Gasteiger charge is -2.15. The number of aliphatic imine (C=N–C) groups is 1. The summed E-state index contributed by atoms with van der Waals surface area (Å²) < 4.78 is 5.62. The first kappa shape index (κ1) is 18.1. The summed E-state index contributed by atoms with van der Waals surface area (Å²) in [5.41, 5.74) is 3.28. The van der Waals surface area contributed by atoms with Crippen molar-refractivity contribution in [2.45, 2.75) is 6.04 Å². The molecule has 1 unspecified atom stereocenters. The number of nitrogens with zero attached hydrogens (tertiary/aromatic N) is 2. The van der Waals surface area contributed by atoms with E-state index in [1.807, 2.05) is 60.7 Å². The van der Waals surface area contributed by atoms with Crippen LogP contribution < -0.4 is 5.84 Å². The Balaban J connectivity index is 2.24. The van der Waals surface area contributed by atoms with Crippen LogP contribution in [-0.4, -0.2) is 35.3 Å². The summed E-state index contributed by atoms with van der Waals surface area (Å²) in [4.78, 5) is 15.5. The molecule has 1 aliphatic rings. The van der Waals surface area contributed by atoms with Crippen LogP contribution in [0.3, 0.4) is 0 Å². The van der Waals surface area contributed by atoms with Crippen molar-refractivity contribution in [2.75, 3.05) is 6.61 Å². The minimum absolute atomic E-state index is 0.0416. The Morgan fingerprint density at radius 2 is 1.74 bits per heavy atom. The van der Waals surface area contributed by atoms with E-state index in [4.69, 9.17) is 10.6 Å². The molecule has 0 radical (unpaired) electrons. The van der Waals surface area contributed by atoms with E-state index >= 15 is 0 Å². The molecule has 2 aromatic rings. The molecule has 3 N–H and O–H groups in total. The van der Waals surface area contributed by atoms with E-state index in [0.717, 1.165) is 11.1 Å². The Morgan fingerprint density at radius 3 is 2.22 bits per heavy atom. The molecule has 2 aromatic carbocycles. The lowest BCUT2D eigenvalue weighted by molar-refractivity contribution is -0.138. The number of carbonyl (C=O) groups is 1. The Hall–Kier alpha value is -3.67. The number of aliphatic carboxylic acids is 1. The van der Waals surface area contributed by atoms with Crippen molar-refractivity contribution in [3.63, 3.8) is 0 Å². The molecule has 0 spiro atoms. The summed E-state index contributed by atoms with van der Waals surface area (Å²) in [6.45, 7) is 3.87. The lowest BCUT2D eigenvalue weighted by atomic mass is 9.93. The number of allylic oxidation sites excluding steroid dienone is 2. The lowest BCUT2D eigenvalue weighted by Crippen LogP contribution is -2.18. The monoisotopic (exact) mass is 361 g/mol. The summed E-state index contributed by atoms with van der Waals surface area (Å²) in [5, 5.41) is 13.2. The van der Waals surface area contributed by atoms with E-state index in [2.05, 4.69) is 16.7 Å². The number of carboxylic acids is 1. The zero-order valence-corrected chi connectivity index (χ0v) is 14.6. The van der Waals surface area contributed by atoms with Crippen molar-refractivity contribution in [3.05, 3.63) is 90.0 Å². The van der Waals surface area contributed by atoms with Gasteiger partial charge in [0, 0.05) is 5.56 Å². The summed E-state index contributed by atoms with van der Waals surface area (Å²) in [7, 11) is 0. The van der Waals surface area contributed by atoms with Gasteiger partial charge in [0.25, 0.3) is 0 Å².